The molecule has 2 aromatic rings. The Balaban J connectivity index is 2.24. The third kappa shape index (κ3) is 2.71. The van der Waals surface area contributed by atoms with Crippen LogP contribution in [0, 0.1) is 11.3 Å². The number of nitrogens with two attached hydrogens (primary N) is 1. The summed E-state index contributed by atoms with van der Waals surface area (Å²) < 4.78 is 10.2. The summed E-state index contributed by atoms with van der Waals surface area (Å²) in [5, 5.41) is 13.3. The van der Waals surface area contributed by atoms with Gasteiger partial charge in [0.15, 0.2) is 0 Å². The van der Waals surface area contributed by atoms with Crippen molar-refractivity contribution in [3.63, 3.8) is 0 Å². The summed E-state index contributed by atoms with van der Waals surface area (Å²) in [6.07, 6.45) is 0. The molecule has 3 N–H and O–H groups in total. The summed E-state index contributed by atoms with van der Waals surface area (Å²) in [6.45, 7) is 1.81. The number of nitriles is 1. The van der Waals surface area contributed by atoms with Gasteiger partial charge in [0, 0.05) is 17.2 Å². The van der Waals surface area contributed by atoms with Crippen molar-refractivity contribution in [3.05, 3.63) is 51.5 Å². The monoisotopic (exact) mass is 355 g/mol. The van der Waals surface area contributed by atoms with Crippen molar-refractivity contribution < 1.29 is 14.3 Å². The molecule has 6 nitrogen and oxygen atoms in total. The standard InChI is InChI=1S/C18H17N3O3S/c1-9-13(18(22)24-3)14(10-4-6-11(23-2)7-5-10)15-16(20)12(8-19)25-17(15)21-9/h4-7,14,21H,20H2,1-3H3. The van der Waals surface area contributed by atoms with Gasteiger partial charge in [0.1, 0.15) is 21.7 Å². The van der Waals surface area contributed by atoms with Crippen molar-refractivity contribution in [2.45, 2.75) is 12.8 Å². The second-order valence-corrected chi connectivity index (χ2v) is 6.58. The largest absolute Gasteiger partial charge is 0.497 e. The van der Waals surface area contributed by atoms with Gasteiger partial charge in [0.2, 0.25) is 0 Å². The number of carbonyl (C=O) groups is 1. The van der Waals surface area contributed by atoms with Crippen LogP contribution >= 0.6 is 11.3 Å². The zero-order valence-electron chi connectivity index (χ0n) is 14.0. The lowest BCUT2D eigenvalue weighted by atomic mass is 9.82. The Morgan fingerprint density at radius 1 is 1.32 bits per heavy atom. The number of anilines is 2. The van der Waals surface area contributed by atoms with Crippen LogP contribution in [0.3, 0.4) is 0 Å². The number of nitrogens with one attached hydrogen (secondary N) is 1. The molecule has 0 saturated heterocycles. The molecule has 1 unspecified atom stereocenters. The summed E-state index contributed by atoms with van der Waals surface area (Å²) in [5.74, 6) is -0.122. The van der Waals surface area contributed by atoms with E-state index < -0.39 is 11.9 Å². The van der Waals surface area contributed by atoms with Crippen LogP contribution in [0.1, 0.15) is 28.8 Å². The van der Waals surface area contributed by atoms with E-state index in [1.807, 2.05) is 31.2 Å². The van der Waals surface area contributed by atoms with E-state index in [-0.39, 0.29) is 0 Å². The lowest BCUT2D eigenvalue weighted by Gasteiger charge is -2.28. The number of nitrogen functional groups attached to an aromatic ring is 1. The molecule has 128 valence electrons. The van der Waals surface area contributed by atoms with Gasteiger partial charge < -0.3 is 20.5 Å². The molecule has 0 saturated carbocycles. The molecule has 1 aliphatic rings. The third-order valence-electron chi connectivity index (χ3n) is 4.22. The number of nitrogens with zero attached hydrogens (tertiary/aromatic N) is 1. The first-order chi connectivity index (χ1) is 12.0. The molecule has 0 fully saturated rings. The van der Waals surface area contributed by atoms with E-state index in [9.17, 15) is 10.1 Å². The van der Waals surface area contributed by atoms with Crippen LogP contribution in [-0.2, 0) is 9.53 Å². The molecular formula is C18H17N3O3S. The van der Waals surface area contributed by atoms with Gasteiger partial charge in [0.05, 0.1) is 25.5 Å². The first-order valence-corrected chi connectivity index (χ1v) is 8.35. The predicted molar refractivity (Wildman–Crippen MR) is 96.6 cm³/mol. The number of ether oxygens (including phenoxy) is 2. The fourth-order valence-electron chi connectivity index (χ4n) is 3.03. The normalized spacial score (nSPS) is 15.8. The van der Waals surface area contributed by atoms with Crippen LogP contribution in [0.25, 0.3) is 0 Å². The summed E-state index contributed by atoms with van der Waals surface area (Å²) >= 11 is 1.28. The van der Waals surface area contributed by atoms with Crippen LogP contribution in [-0.4, -0.2) is 20.2 Å². The predicted octanol–water partition coefficient (Wildman–Crippen LogP) is 3.21. The van der Waals surface area contributed by atoms with Crippen LogP contribution in [0.5, 0.6) is 5.75 Å². The maximum Gasteiger partial charge on any atom is 0.336 e. The lowest BCUT2D eigenvalue weighted by molar-refractivity contribution is -0.136. The molecule has 1 aromatic carbocycles. The molecule has 1 aromatic heterocycles. The zero-order chi connectivity index (χ0) is 18.1. The average molecular weight is 355 g/mol. The second-order valence-electron chi connectivity index (χ2n) is 5.56. The number of hydrogen-bond acceptors (Lipinski definition) is 7. The third-order valence-corrected chi connectivity index (χ3v) is 5.26. The van der Waals surface area contributed by atoms with E-state index in [1.165, 1.54) is 18.4 Å². The Kier molecular flexibility index (Phi) is 4.38. The Morgan fingerprint density at radius 2 is 2.00 bits per heavy atom. The van der Waals surface area contributed by atoms with Gasteiger partial charge >= 0.3 is 5.97 Å². The van der Waals surface area contributed by atoms with Gasteiger partial charge in [-0.3, -0.25) is 0 Å². The first kappa shape index (κ1) is 16.9. The van der Waals surface area contributed by atoms with Crippen molar-refractivity contribution in [1.29, 1.82) is 5.26 Å². The minimum Gasteiger partial charge on any atom is -0.497 e. The van der Waals surface area contributed by atoms with Gasteiger partial charge in [-0.1, -0.05) is 12.1 Å². The van der Waals surface area contributed by atoms with Crippen LogP contribution in [0.15, 0.2) is 35.5 Å². The van der Waals surface area contributed by atoms with Crippen molar-refractivity contribution in [2.75, 3.05) is 25.3 Å². The van der Waals surface area contributed by atoms with Gasteiger partial charge in [-0.15, -0.1) is 11.3 Å². The molecule has 1 aliphatic heterocycles. The molecule has 0 spiro atoms. The van der Waals surface area contributed by atoms with Gasteiger partial charge in [-0.2, -0.15) is 5.26 Å². The molecule has 25 heavy (non-hydrogen) atoms. The zero-order valence-corrected chi connectivity index (χ0v) is 14.9. The van der Waals surface area contributed by atoms with Gasteiger partial charge in [-0.05, 0) is 24.6 Å². The van der Waals surface area contributed by atoms with E-state index in [4.69, 9.17) is 15.2 Å². The highest BCUT2D eigenvalue weighted by molar-refractivity contribution is 7.17. The van der Waals surface area contributed by atoms with Crippen LogP contribution in [0.4, 0.5) is 10.7 Å². The number of thiophene rings is 1. The van der Waals surface area contributed by atoms with Crippen molar-refractivity contribution in [3.8, 4) is 11.8 Å². The molecule has 7 heteroatoms. The Hall–Kier alpha value is -2.98. The summed E-state index contributed by atoms with van der Waals surface area (Å²) in [4.78, 5) is 12.9. The quantitative estimate of drug-likeness (QED) is 0.821. The summed E-state index contributed by atoms with van der Waals surface area (Å²) in [5.41, 5.74) is 9.38. The highest BCUT2D eigenvalue weighted by atomic mass is 32.1. The number of carbonyl (C=O) groups excluding carboxylic acids is 1. The van der Waals surface area contributed by atoms with Crippen LogP contribution < -0.4 is 15.8 Å². The highest BCUT2D eigenvalue weighted by Gasteiger charge is 2.36. The number of allylic oxidation sites excluding steroid dienone is 1. The number of fused-ring (bicyclic) bond motifs is 1. The Morgan fingerprint density at radius 3 is 2.56 bits per heavy atom. The molecular weight excluding hydrogens is 338 g/mol. The van der Waals surface area contributed by atoms with Crippen molar-refractivity contribution >= 4 is 28.0 Å². The number of benzene rings is 1. The molecule has 0 aliphatic carbocycles. The smallest absolute Gasteiger partial charge is 0.336 e. The molecule has 0 bridgehead atoms. The average Bonchev–Trinajstić information content (AvgIpc) is 2.95. The first-order valence-electron chi connectivity index (χ1n) is 7.54. The Bertz CT molecular complexity index is 907. The van der Waals surface area contributed by atoms with Crippen molar-refractivity contribution in [1.82, 2.24) is 0 Å². The SMILES string of the molecule is COC(=O)C1=C(C)Nc2sc(C#N)c(N)c2C1c1ccc(OC)cc1. The topological polar surface area (TPSA) is 97.4 Å². The van der Waals surface area contributed by atoms with E-state index in [0.717, 1.165) is 16.1 Å². The van der Waals surface area contributed by atoms with E-state index >= 15 is 0 Å². The molecule has 1 atom stereocenters. The highest BCUT2D eigenvalue weighted by Crippen LogP contribution is 2.49. The lowest BCUT2D eigenvalue weighted by Crippen LogP contribution is -2.23. The van der Waals surface area contributed by atoms with E-state index in [1.54, 1.807) is 7.11 Å². The van der Waals surface area contributed by atoms with Crippen LogP contribution in [0.2, 0.25) is 0 Å². The van der Waals surface area contributed by atoms with E-state index in [0.29, 0.717) is 27.6 Å². The Labute approximate surface area is 149 Å². The maximum absolute atomic E-state index is 12.4. The van der Waals surface area contributed by atoms with E-state index in [2.05, 4.69) is 11.4 Å². The fourth-order valence-corrected chi connectivity index (χ4v) is 4.04. The molecule has 3 rings (SSSR count). The summed E-state index contributed by atoms with van der Waals surface area (Å²) in [6, 6.07) is 9.55. The molecule has 0 radical (unpaired) electrons. The minimum absolute atomic E-state index is 0.393. The number of esters is 1. The van der Waals surface area contributed by atoms with Gasteiger partial charge in [-0.25, -0.2) is 4.79 Å². The number of rotatable bonds is 3. The molecule has 0 amide bonds. The number of hydrogen-bond donors (Lipinski definition) is 2. The fraction of sp³-hybridized carbons (Fsp3) is 0.222. The second kappa shape index (κ2) is 6.49. The molecule has 2 heterocycles. The summed E-state index contributed by atoms with van der Waals surface area (Å²) in [7, 11) is 2.94. The maximum atomic E-state index is 12.4. The van der Waals surface area contributed by atoms with Crippen molar-refractivity contribution in [2.24, 2.45) is 0 Å². The minimum atomic E-state index is -0.430. The van der Waals surface area contributed by atoms with Gasteiger partial charge in [0.25, 0.3) is 0 Å². The number of methoxy groups -OCH3 is 2.